The third-order valence-corrected chi connectivity index (χ3v) is 2.24. The number of anilines is 1. The summed E-state index contributed by atoms with van der Waals surface area (Å²) >= 11 is 3.34. The SMILES string of the molecule is CNc1ncnc(OCCOC)c1Br. The summed E-state index contributed by atoms with van der Waals surface area (Å²) in [4.78, 5) is 7.99. The fraction of sp³-hybridized carbons (Fsp3) is 0.500. The lowest BCUT2D eigenvalue weighted by Crippen LogP contribution is -2.07. The van der Waals surface area contributed by atoms with Gasteiger partial charge in [-0.2, -0.15) is 0 Å². The van der Waals surface area contributed by atoms with E-state index in [1.54, 1.807) is 14.2 Å². The molecule has 0 atom stereocenters. The first-order valence-corrected chi connectivity index (χ1v) is 4.89. The van der Waals surface area contributed by atoms with Gasteiger partial charge in [0.2, 0.25) is 5.88 Å². The van der Waals surface area contributed by atoms with Gasteiger partial charge in [0.15, 0.2) is 0 Å². The van der Waals surface area contributed by atoms with E-state index in [-0.39, 0.29) is 0 Å². The minimum atomic E-state index is 0.468. The van der Waals surface area contributed by atoms with Gasteiger partial charge in [-0.05, 0) is 15.9 Å². The van der Waals surface area contributed by atoms with Crippen LogP contribution < -0.4 is 10.1 Å². The van der Waals surface area contributed by atoms with Crippen LogP contribution in [-0.4, -0.2) is 37.3 Å². The number of hydrogen-bond donors (Lipinski definition) is 1. The Morgan fingerprint density at radius 3 is 2.86 bits per heavy atom. The van der Waals surface area contributed by atoms with Gasteiger partial charge < -0.3 is 14.8 Å². The van der Waals surface area contributed by atoms with Gasteiger partial charge in [-0.15, -0.1) is 0 Å². The van der Waals surface area contributed by atoms with E-state index in [4.69, 9.17) is 9.47 Å². The second-order valence-electron chi connectivity index (χ2n) is 2.43. The van der Waals surface area contributed by atoms with Gasteiger partial charge in [-0.3, -0.25) is 0 Å². The van der Waals surface area contributed by atoms with Crippen molar-refractivity contribution in [3.05, 3.63) is 10.8 Å². The highest BCUT2D eigenvalue weighted by molar-refractivity contribution is 9.10. The number of nitrogens with one attached hydrogen (secondary N) is 1. The summed E-state index contributed by atoms with van der Waals surface area (Å²) in [6.07, 6.45) is 1.44. The summed E-state index contributed by atoms with van der Waals surface area (Å²) in [7, 11) is 3.41. The van der Waals surface area contributed by atoms with Crippen molar-refractivity contribution in [1.29, 1.82) is 0 Å². The van der Waals surface area contributed by atoms with Crippen LogP contribution in [0, 0.1) is 0 Å². The lowest BCUT2D eigenvalue weighted by atomic mass is 10.5. The largest absolute Gasteiger partial charge is 0.474 e. The second-order valence-corrected chi connectivity index (χ2v) is 3.23. The van der Waals surface area contributed by atoms with Gasteiger partial charge in [0.25, 0.3) is 0 Å². The highest BCUT2D eigenvalue weighted by atomic mass is 79.9. The van der Waals surface area contributed by atoms with Crippen LogP contribution in [-0.2, 0) is 4.74 Å². The molecule has 1 N–H and O–H groups in total. The van der Waals surface area contributed by atoms with Gasteiger partial charge in [-0.1, -0.05) is 0 Å². The van der Waals surface area contributed by atoms with Gasteiger partial charge in [0.1, 0.15) is 23.2 Å². The molecule has 0 aliphatic carbocycles. The number of halogens is 1. The lowest BCUT2D eigenvalue weighted by Gasteiger charge is -2.08. The first-order chi connectivity index (χ1) is 6.79. The van der Waals surface area contributed by atoms with Crippen LogP contribution in [0.5, 0.6) is 5.88 Å². The molecule has 0 aliphatic heterocycles. The first-order valence-electron chi connectivity index (χ1n) is 4.09. The molecule has 5 nitrogen and oxygen atoms in total. The Labute approximate surface area is 91.0 Å². The topological polar surface area (TPSA) is 56.3 Å². The maximum absolute atomic E-state index is 5.36. The maximum Gasteiger partial charge on any atom is 0.233 e. The van der Waals surface area contributed by atoms with Crippen molar-refractivity contribution in [2.45, 2.75) is 0 Å². The van der Waals surface area contributed by atoms with Crippen LogP contribution in [0.1, 0.15) is 0 Å². The van der Waals surface area contributed by atoms with Gasteiger partial charge in [-0.25, -0.2) is 9.97 Å². The van der Waals surface area contributed by atoms with Crippen LogP contribution in [0.3, 0.4) is 0 Å². The molecule has 0 unspecified atom stereocenters. The van der Waals surface area contributed by atoms with Crippen molar-refractivity contribution in [3.8, 4) is 5.88 Å². The minimum absolute atomic E-state index is 0.468. The first kappa shape index (κ1) is 11.2. The zero-order chi connectivity index (χ0) is 10.4. The average Bonchev–Trinajstić information content (AvgIpc) is 2.21. The number of hydrogen-bond acceptors (Lipinski definition) is 5. The smallest absolute Gasteiger partial charge is 0.233 e. The summed E-state index contributed by atoms with van der Waals surface area (Å²) < 4.78 is 10.9. The molecule has 14 heavy (non-hydrogen) atoms. The number of rotatable bonds is 5. The van der Waals surface area contributed by atoms with Gasteiger partial charge >= 0.3 is 0 Å². The average molecular weight is 262 g/mol. The molecule has 0 saturated carbocycles. The fourth-order valence-corrected chi connectivity index (χ4v) is 1.37. The summed E-state index contributed by atoms with van der Waals surface area (Å²) in [6.45, 7) is 1.00. The summed E-state index contributed by atoms with van der Waals surface area (Å²) in [5.41, 5.74) is 0. The maximum atomic E-state index is 5.36. The number of nitrogens with zero attached hydrogens (tertiary/aromatic N) is 2. The quantitative estimate of drug-likeness (QED) is 0.811. The molecule has 0 radical (unpaired) electrons. The Bertz CT molecular complexity index is 296. The van der Waals surface area contributed by atoms with Crippen LogP contribution in [0.15, 0.2) is 10.8 Å². The Balaban J connectivity index is 2.66. The molecule has 0 spiro atoms. The molecule has 6 heteroatoms. The Kier molecular flexibility index (Phi) is 4.61. The normalized spacial score (nSPS) is 9.93. The molecule has 0 aliphatic rings. The van der Waals surface area contributed by atoms with Crippen LogP contribution in [0.25, 0.3) is 0 Å². The molecule has 1 heterocycles. The zero-order valence-corrected chi connectivity index (χ0v) is 9.67. The van der Waals surface area contributed by atoms with Crippen molar-refractivity contribution in [2.75, 3.05) is 32.7 Å². The fourth-order valence-electron chi connectivity index (χ4n) is 0.850. The third-order valence-electron chi connectivity index (χ3n) is 1.52. The predicted molar refractivity (Wildman–Crippen MR) is 56.6 cm³/mol. The van der Waals surface area contributed by atoms with E-state index in [1.165, 1.54) is 6.33 Å². The zero-order valence-electron chi connectivity index (χ0n) is 8.08. The molecule has 78 valence electrons. The van der Waals surface area contributed by atoms with Gasteiger partial charge in [0.05, 0.1) is 6.61 Å². The van der Waals surface area contributed by atoms with Crippen molar-refractivity contribution < 1.29 is 9.47 Å². The van der Waals surface area contributed by atoms with E-state index < -0.39 is 0 Å². The van der Waals surface area contributed by atoms with E-state index in [9.17, 15) is 0 Å². The molecule has 1 aromatic rings. The molecule has 1 rings (SSSR count). The summed E-state index contributed by atoms with van der Waals surface area (Å²) in [6, 6.07) is 0. The van der Waals surface area contributed by atoms with Crippen LogP contribution in [0.4, 0.5) is 5.82 Å². The molecule has 0 saturated heterocycles. The highest BCUT2D eigenvalue weighted by Gasteiger charge is 2.07. The molecule has 0 aromatic carbocycles. The highest BCUT2D eigenvalue weighted by Crippen LogP contribution is 2.27. The molecular weight excluding hydrogens is 250 g/mol. The Hall–Kier alpha value is -0.880. The molecule has 0 bridgehead atoms. The molecular formula is C8H12BrN3O2. The van der Waals surface area contributed by atoms with E-state index >= 15 is 0 Å². The van der Waals surface area contributed by atoms with Crippen LogP contribution >= 0.6 is 15.9 Å². The standard InChI is InChI=1S/C8H12BrN3O2/c1-10-7-6(9)8(12-5-11-7)14-4-3-13-2/h5H,3-4H2,1-2H3,(H,10,11,12). The van der Waals surface area contributed by atoms with Crippen molar-refractivity contribution in [1.82, 2.24) is 9.97 Å². The molecule has 0 amide bonds. The van der Waals surface area contributed by atoms with E-state index in [0.717, 1.165) is 4.47 Å². The van der Waals surface area contributed by atoms with Crippen LogP contribution in [0.2, 0.25) is 0 Å². The number of ether oxygens (including phenoxy) is 2. The number of methoxy groups -OCH3 is 1. The Morgan fingerprint density at radius 2 is 2.21 bits per heavy atom. The summed E-state index contributed by atoms with van der Waals surface area (Å²) in [5.74, 6) is 1.22. The van der Waals surface area contributed by atoms with E-state index in [0.29, 0.717) is 24.9 Å². The number of aromatic nitrogens is 2. The Morgan fingerprint density at radius 1 is 1.43 bits per heavy atom. The minimum Gasteiger partial charge on any atom is -0.474 e. The predicted octanol–water partition coefficient (Wildman–Crippen LogP) is 1.31. The summed E-state index contributed by atoms with van der Waals surface area (Å²) in [5, 5.41) is 2.92. The third kappa shape index (κ3) is 2.81. The second kappa shape index (κ2) is 5.77. The monoisotopic (exact) mass is 261 g/mol. The van der Waals surface area contributed by atoms with Gasteiger partial charge in [0, 0.05) is 14.2 Å². The van der Waals surface area contributed by atoms with Crippen molar-refractivity contribution >= 4 is 21.7 Å². The van der Waals surface area contributed by atoms with Crippen molar-refractivity contribution in [2.24, 2.45) is 0 Å². The van der Waals surface area contributed by atoms with E-state index in [2.05, 4.69) is 31.2 Å². The lowest BCUT2D eigenvalue weighted by molar-refractivity contribution is 0.143. The van der Waals surface area contributed by atoms with Crippen molar-refractivity contribution in [3.63, 3.8) is 0 Å². The van der Waals surface area contributed by atoms with E-state index in [1.807, 2.05) is 0 Å². The molecule has 1 aromatic heterocycles. The molecule has 0 fully saturated rings.